The zero-order valence-corrected chi connectivity index (χ0v) is 8.54. The van der Waals surface area contributed by atoms with Crippen molar-refractivity contribution in [2.75, 3.05) is 0 Å². The van der Waals surface area contributed by atoms with Crippen LogP contribution in [-0.4, -0.2) is 21.2 Å². The van der Waals surface area contributed by atoms with Gasteiger partial charge in [0.1, 0.15) is 5.82 Å². The van der Waals surface area contributed by atoms with Gasteiger partial charge in [-0.3, -0.25) is 0 Å². The Labute approximate surface area is 79.2 Å². The first kappa shape index (κ1) is 10.3. The molecular weight excluding hydrogens is 164 g/mol. The molecule has 0 aliphatic heterocycles. The van der Waals surface area contributed by atoms with E-state index in [1.807, 2.05) is 0 Å². The Morgan fingerprint density at radius 2 is 2.23 bits per heavy atom. The average molecular weight is 182 g/mol. The van der Waals surface area contributed by atoms with Crippen LogP contribution in [0.5, 0.6) is 0 Å². The third-order valence-corrected chi connectivity index (χ3v) is 1.83. The lowest BCUT2D eigenvalue weighted by atomic mass is 9.88. The highest BCUT2D eigenvalue weighted by Crippen LogP contribution is 2.21. The van der Waals surface area contributed by atoms with Crippen LogP contribution in [0, 0.1) is 5.41 Å². The number of hydrogen-bond acceptors (Lipinski definition) is 2. The van der Waals surface area contributed by atoms with Crippen LogP contribution in [0.15, 0.2) is 12.4 Å². The SMILES string of the molecule is CC(C)(C)CC(O)Cc1ncc[nH]1. The zero-order chi connectivity index (χ0) is 9.90. The van der Waals surface area contributed by atoms with Gasteiger partial charge in [0.15, 0.2) is 0 Å². The number of nitrogens with zero attached hydrogens (tertiary/aromatic N) is 1. The summed E-state index contributed by atoms with van der Waals surface area (Å²) in [5.41, 5.74) is 0.173. The van der Waals surface area contributed by atoms with E-state index in [4.69, 9.17) is 0 Å². The van der Waals surface area contributed by atoms with Gasteiger partial charge in [-0.05, 0) is 11.8 Å². The maximum absolute atomic E-state index is 9.70. The van der Waals surface area contributed by atoms with E-state index in [-0.39, 0.29) is 11.5 Å². The summed E-state index contributed by atoms with van der Waals surface area (Å²) in [5.74, 6) is 0.858. The van der Waals surface area contributed by atoms with Gasteiger partial charge in [-0.2, -0.15) is 0 Å². The predicted octanol–water partition coefficient (Wildman–Crippen LogP) is 1.75. The van der Waals surface area contributed by atoms with Crippen LogP contribution in [-0.2, 0) is 6.42 Å². The summed E-state index contributed by atoms with van der Waals surface area (Å²) < 4.78 is 0. The van der Waals surface area contributed by atoms with Gasteiger partial charge in [-0.25, -0.2) is 4.98 Å². The fourth-order valence-electron chi connectivity index (χ4n) is 1.41. The number of H-pyrrole nitrogens is 1. The molecule has 1 unspecified atom stereocenters. The molecule has 0 fully saturated rings. The highest BCUT2D eigenvalue weighted by molar-refractivity contribution is 4.89. The van der Waals surface area contributed by atoms with E-state index < -0.39 is 0 Å². The number of hydrogen-bond donors (Lipinski definition) is 2. The van der Waals surface area contributed by atoms with E-state index in [1.54, 1.807) is 12.4 Å². The van der Waals surface area contributed by atoms with Crippen molar-refractivity contribution in [1.82, 2.24) is 9.97 Å². The summed E-state index contributed by atoms with van der Waals surface area (Å²) in [4.78, 5) is 7.05. The second kappa shape index (κ2) is 3.92. The molecule has 0 spiro atoms. The first-order valence-corrected chi connectivity index (χ1v) is 4.64. The van der Waals surface area contributed by atoms with E-state index in [9.17, 15) is 5.11 Å². The van der Waals surface area contributed by atoms with Gasteiger partial charge in [0.05, 0.1) is 6.10 Å². The number of aliphatic hydroxyl groups excluding tert-OH is 1. The summed E-state index contributed by atoms with van der Waals surface area (Å²) in [6.45, 7) is 6.37. The van der Waals surface area contributed by atoms with E-state index >= 15 is 0 Å². The van der Waals surface area contributed by atoms with Crippen molar-refractivity contribution in [3.05, 3.63) is 18.2 Å². The molecule has 1 heterocycles. The second-order valence-electron chi connectivity index (χ2n) is 4.66. The van der Waals surface area contributed by atoms with Crippen molar-refractivity contribution in [3.8, 4) is 0 Å². The van der Waals surface area contributed by atoms with E-state index in [0.29, 0.717) is 6.42 Å². The smallest absolute Gasteiger partial charge is 0.108 e. The molecule has 0 aliphatic carbocycles. The molecule has 1 aromatic rings. The van der Waals surface area contributed by atoms with Crippen molar-refractivity contribution in [2.45, 2.75) is 39.7 Å². The van der Waals surface area contributed by atoms with Crippen LogP contribution in [0.3, 0.4) is 0 Å². The first-order valence-electron chi connectivity index (χ1n) is 4.64. The lowest BCUT2D eigenvalue weighted by molar-refractivity contribution is 0.120. The Morgan fingerprint density at radius 3 is 2.69 bits per heavy atom. The lowest BCUT2D eigenvalue weighted by Crippen LogP contribution is -2.20. The third-order valence-electron chi connectivity index (χ3n) is 1.83. The molecule has 0 bridgehead atoms. The molecule has 13 heavy (non-hydrogen) atoms. The van der Waals surface area contributed by atoms with Gasteiger partial charge in [-0.15, -0.1) is 0 Å². The first-order chi connectivity index (χ1) is 5.97. The normalized spacial score (nSPS) is 14.5. The van der Waals surface area contributed by atoms with Crippen LogP contribution >= 0.6 is 0 Å². The minimum atomic E-state index is -0.300. The van der Waals surface area contributed by atoms with Crippen LogP contribution in [0.2, 0.25) is 0 Å². The molecular formula is C10H18N2O. The molecule has 3 heteroatoms. The van der Waals surface area contributed by atoms with Crippen LogP contribution in [0.25, 0.3) is 0 Å². The molecule has 3 nitrogen and oxygen atoms in total. The van der Waals surface area contributed by atoms with Gasteiger partial charge in [0.2, 0.25) is 0 Å². The molecule has 0 saturated carbocycles. The molecule has 1 aromatic heterocycles. The van der Waals surface area contributed by atoms with Crippen molar-refractivity contribution in [2.24, 2.45) is 5.41 Å². The van der Waals surface area contributed by atoms with E-state index in [1.165, 1.54) is 0 Å². The van der Waals surface area contributed by atoms with Gasteiger partial charge in [-0.1, -0.05) is 20.8 Å². The molecule has 2 N–H and O–H groups in total. The Kier molecular flexibility index (Phi) is 3.09. The Morgan fingerprint density at radius 1 is 1.54 bits per heavy atom. The summed E-state index contributed by atoms with van der Waals surface area (Å²) in [6.07, 6.45) is 4.60. The number of aromatic nitrogens is 2. The van der Waals surface area contributed by atoms with Crippen molar-refractivity contribution < 1.29 is 5.11 Å². The Balaban J connectivity index is 2.38. The fourth-order valence-corrected chi connectivity index (χ4v) is 1.41. The van der Waals surface area contributed by atoms with Crippen LogP contribution in [0.1, 0.15) is 33.0 Å². The van der Waals surface area contributed by atoms with Gasteiger partial charge in [0, 0.05) is 18.8 Å². The summed E-state index contributed by atoms with van der Waals surface area (Å²) in [5, 5.41) is 9.70. The molecule has 1 rings (SSSR count). The minimum absolute atomic E-state index is 0.173. The molecule has 0 amide bonds. The molecule has 0 aromatic carbocycles. The standard InChI is InChI=1S/C10H18N2O/c1-10(2,3)7-8(13)6-9-11-4-5-12-9/h4-5,8,13H,6-7H2,1-3H3,(H,11,12). The number of rotatable bonds is 3. The van der Waals surface area contributed by atoms with E-state index in [2.05, 4.69) is 30.7 Å². The average Bonchev–Trinajstić information content (AvgIpc) is 2.34. The summed E-state index contributed by atoms with van der Waals surface area (Å²) in [7, 11) is 0. The topological polar surface area (TPSA) is 48.9 Å². The van der Waals surface area contributed by atoms with Gasteiger partial charge >= 0.3 is 0 Å². The maximum atomic E-state index is 9.70. The highest BCUT2D eigenvalue weighted by atomic mass is 16.3. The third kappa shape index (κ3) is 4.08. The molecule has 0 radical (unpaired) electrons. The molecule has 1 atom stereocenters. The quantitative estimate of drug-likeness (QED) is 0.748. The molecule has 0 aliphatic rings. The molecule has 0 saturated heterocycles. The van der Waals surface area contributed by atoms with Gasteiger partial charge < -0.3 is 10.1 Å². The van der Waals surface area contributed by atoms with Crippen molar-refractivity contribution in [3.63, 3.8) is 0 Å². The second-order valence-corrected chi connectivity index (χ2v) is 4.66. The van der Waals surface area contributed by atoms with E-state index in [0.717, 1.165) is 12.2 Å². The number of aliphatic hydroxyl groups is 1. The lowest BCUT2D eigenvalue weighted by Gasteiger charge is -2.21. The fraction of sp³-hybridized carbons (Fsp3) is 0.700. The largest absolute Gasteiger partial charge is 0.393 e. The number of nitrogens with one attached hydrogen (secondary N) is 1. The monoisotopic (exact) mass is 182 g/mol. The Hall–Kier alpha value is -0.830. The van der Waals surface area contributed by atoms with Crippen molar-refractivity contribution >= 4 is 0 Å². The summed E-state index contributed by atoms with van der Waals surface area (Å²) in [6, 6.07) is 0. The number of imidazole rings is 1. The molecule has 74 valence electrons. The minimum Gasteiger partial charge on any atom is -0.393 e. The predicted molar refractivity (Wildman–Crippen MR) is 52.4 cm³/mol. The van der Waals surface area contributed by atoms with Crippen molar-refractivity contribution in [1.29, 1.82) is 0 Å². The number of aromatic amines is 1. The van der Waals surface area contributed by atoms with Crippen LogP contribution < -0.4 is 0 Å². The Bertz CT molecular complexity index is 236. The summed E-state index contributed by atoms with van der Waals surface area (Å²) >= 11 is 0. The van der Waals surface area contributed by atoms with Crippen LogP contribution in [0.4, 0.5) is 0 Å². The van der Waals surface area contributed by atoms with Gasteiger partial charge in [0.25, 0.3) is 0 Å². The highest BCUT2D eigenvalue weighted by Gasteiger charge is 2.17. The maximum Gasteiger partial charge on any atom is 0.108 e. The zero-order valence-electron chi connectivity index (χ0n) is 8.54.